The summed E-state index contributed by atoms with van der Waals surface area (Å²) in [6.07, 6.45) is -1.78. The van der Waals surface area contributed by atoms with Crippen LogP contribution in [0.3, 0.4) is 0 Å². The maximum Gasteiger partial charge on any atom is 0.407 e. The van der Waals surface area contributed by atoms with Gasteiger partial charge in [0.2, 0.25) is 5.54 Å². The van der Waals surface area contributed by atoms with E-state index < -0.39 is 42.9 Å². The van der Waals surface area contributed by atoms with E-state index in [-0.39, 0.29) is 39.4 Å². The van der Waals surface area contributed by atoms with Crippen LogP contribution in [0.25, 0.3) is 0 Å². The summed E-state index contributed by atoms with van der Waals surface area (Å²) in [4.78, 5) is 39.6. The minimum absolute atomic E-state index is 0.0349. The maximum absolute atomic E-state index is 13.2. The van der Waals surface area contributed by atoms with Gasteiger partial charge in [0, 0.05) is 26.2 Å². The number of hydrogen-bond acceptors (Lipinski definition) is 8. The van der Waals surface area contributed by atoms with Crippen molar-refractivity contribution in [3.8, 4) is 0 Å². The molecule has 1 aliphatic heterocycles. The molecule has 0 saturated carbocycles. The van der Waals surface area contributed by atoms with Gasteiger partial charge in [-0.2, -0.15) is 0 Å². The Morgan fingerprint density at radius 3 is 1.83 bits per heavy atom. The first-order valence-corrected chi connectivity index (χ1v) is 11.2. The first-order valence-electron chi connectivity index (χ1n) is 9.45. The van der Waals surface area contributed by atoms with E-state index in [1.54, 1.807) is 34.6 Å². The van der Waals surface area contributed by atoms with Crippen molar-refractivity contribution in [3.63, 3.8) is 0 Å². The maximum atomic E-state index is 13.2. The van der Waals surface area contributed by atoms with E-state index in [0.717, 1.165) is 4.90 Å². The van der Waals surface area contributed by atoms with Crippen LogP contribution in [0.1, 0.15) is 34.6 Å². The fourth-order valence-electron chi connectivity index (χ4n) is 2.80. The van der Waals surface area contributed by atoms with E-state index in [4.69, 9.17) is 24.6 Å². The molecular weight excluding hydrogens is 405 g/mol. The van der Waals surface area contributed by atoms with Gasteiger partial charge < -0.3 is 34.4 Å². The SMILES string of the molecule is CCOP(=O)(CC(N)(C(=O)OC(C)(C)C)C(=O)N1CCN(C(=O)O)CC1)OCC. The number of carbonyl (C=O) groups excluding carboxylic acids is 2. The van der Waals surface area contributed by atoms with Gasteiger partial charge in [-0.3, -0.25) is 9.36 Å². The van der Waals surface area contributed by atoms with Crippen molar-refractivity contribution in [2.75, 3.05) is 45.6 Å². The van der Waals surface area contributed by atoms with E-state index in [1.165, 1.54) is 4.90 Å². The van der Waals surface area contributed by atoms with Gasteiger partial charge in [0.25, 0.3) is 5.91 Å². The third kappa shape index (κ3) is 6.95. The number of carbonyl (C=O) groups is 3. The Labute approximate surface area is 171 Å². The molecule has 168 valence electrons. The highest BCUT2D eigenvalue weighted by molar-refractivity contribution is 7.54. The Kier molecular flexibility index (Phi) is 8.64. The van der Waals surface area contributed by atoms with Gasteiger partial charge in [0.15, 0.2) is 0 Å². The summed E-state index contributed by atoms with van der Waals surface area (Å²) in [6.45, 7) is 8.35. The lowest BCUT2D eigenvalue weighted by Gasteiger charge is -2.39. The Hall–Kier alpha value is -1.68. The monoisotopic (exact) mass is 437 g/mol. The second kappa shape index (κ2) is 9.88. The topological polar surface area (TPSA) is 149 Å². The molecule has 29 heavy (non-hydrogen) atoms. The van der Waals surface area contributed by atoms with Gasteiger partial charge >= 0.3 is 19.7 Å². The summed E-state index contributed by atoms with van der Waals surface area (Å²) in [5, 5.41) is 9.06. The zero-order chi connectivity index (χ0) is 22.5. The van der Waals surface area contributed by atoms with E-state index in [2.05, 4.69) is 0 Å². The van der Waals surface area contributed by atoms with Crippen molar-refractivity contribution in [2.24, 2.45) is 5.73 Å². The third-order valence-electron chi connectivity index (χ3n) is 4.08. The number of carboxylic acid groups (broad SMARTS) is 1. The average Bonchev–Trinajstić information content (AvgIpc) is 2.59. The first kappa shape index (κ1) is 25.4. The smallest absolute Gasteiger partial charge is 0.407 e. The summed E-state index contributed by atoms with van der Waals surface area (Å²) >= 11 is 0. The van der Waals surface area contributed by atoms with Crippen LogP contribution in [-0.4, -0.2) is 89.6 Å². The van der Waals surface area contributed by atoms with Gasteiger partial charge in [-0.15, -0.1) is 0 Å². The Balaban J connectivity index is 3.19. The normalized spacial score (nSPS) is 17.6. The molecule has 0 aliphatic carbocycles. The second-order valence-corrected chi connectivity index (χ2v) is 9.69. The second-order valence-electron chi connectivity index (χ2n) is 7.64. The van der Waals surface area contributed by atoms with Gasteiger partial charge in [-0.1, -0.05) is 0 Å². The predicted molar refractivity (Wildman–Crippen MR) is 105 cm³/mol. The molecule has 1 aliphatic rings. The lowest BCUT2D eigenvalue weighted by atomic mass is 10.0. The van der Waals surface area contributed by atoms with Crippen LogP contribution < -0.4 is 5.73 Å². The summed E-state index contributed by atoms with van der Waals surface area (Å²) < 4.78 is 28.8. The van der Waals surface area contributed by atoms with Crippen molar-refractivity contribution in [1.29, 1.82) is 0 Å². The molecule has 0 aromatic carbocycles. The molecule has 2 amide bonds. The minimum atomic E-state index is -3.87. The lowest BCUT2D eigenvalue weighted by Crippen LogP contribution is -2.66. The number of rotatable bonds is 8. The van der Waals surface area contributed by atoms with Crippen molar-refractivity contribution in [3.05, 3.63) is 0 Å². The van der Waals surface area contributed by atoms with Crippen molar-refractivity contribution in [1.82, 2.24) is 9.80 Å². The number of nitrogens with two attached hydrogens (primary N) is 1. The van der Waals surface area contributed by atoms with Gasteiger partial charge in [0.1, 0.15) is 5.60 Å². The zero-order valence-corrected chi connectivity index (χ0v) is 18.6. The van der Waals surface area contributed by atoms with Crippen LogP contribution in [0.5, 0.6) is 0 Å². The van der Waals surface area contributed by atoms with Crippen LogP contribution in [0.15, 0.2) is 0 Å². The average molecular weight is 437 g/mol. The fraction of sp³-hybridized carbons (Fsp3) is 0.824. The quantitative estimate of drug-likeness (QED) is 0.323. The molecule has 11 nitrogen and oxygen atoms in total. The van der Waals surface area contributed by atoms with Gasteiger partial charge in [-0.25, -0.2) is 9.59 Å². The minimum Gasteiger partial charge on any atom is -0.465 e. The number of hydrogen-bond donors (Lipinski definition) is 2. The molecule has 0 aromatic rings. The number of ether oxygens (including phenoxy) is 1. The molecule has 1 fully saturated rings. The van der Waals surface area contributed by atoms with E-state index in [1.807, 2.05) is 0 Å². The Morgan fingerprint density at radius 1 is 1.00 bits per heavy atom. The van der Waals surface area contributed by atoms with Crippen LogP contribution >= 0.6 is 7.60 Å². The fourth-order valence-corrected chi connectivity index (χ4v) is 4.72. The molecule has 1 atom stereocenters. The summed E-state index contributed by atoms with van der Waals surface area (Å²) in [5.74, 6) is -1.85. The first-order chi connectivity index (χ1) is 13.3. The third-order valence-corrected chi connectivity index (χ3v) is 6.27. The number of piperazine rings is 1. The summed E-state index contributed by atoms with van der Waals surface area (Å²) in [6, 6.07) is 0. The lowest BCUT2D eigenvalue weighted by molar-refractivity contribution is -0.166. The largest absolute Gasteiger partial charge is 0.465 e. The van der Waals surface area contributed by atoms with Gasteiger partial charge in [0.05, 0.1) is 19.4 Å². The molecule has 1 unspecified atom stereocenters. The highest BCUT2D eigenvalue weighted by Crippen LogP contribution is 2.50. The van der Waals surface area contributed by atoms with Crippen molar-refractivity contribution < 1.29 is 37.8 Å². The molecule has 0 bridgehead atoms. The summed E-state index contributed by atoms with van der Waals surface area (Å²) in [7, 11) is -3.87. The highest BCUT2D eigenvalue weighted by Gasteiger charge is 2.53. The molecule has 0 aromatic heterocycles. The Morgan fingerprint density at radius 2 is 1.45 bits per heavy atom. The number of esters is 1. The standard InChI is InChI=1S/C17H32N3O8P/c1-6-26-29(25,27-7-2)12-17(18,14(22)28-16(3,4)5)13(21)19-8-10-20(11-9-19)15(23)24/h6-12,18H2,1-5H3,(H,23,24). The molecule has 1 heterocycles. The van der Waals surface area contributed by atoms with E-state index >= 15 is 0 Å². The Bertz CT molecular complexity index is 648. The van der Waals surface area contributed by atoms with E-state index in [0.29, 0.717) is 0 Å². The molecule has 0 spiro atoms. The predicted octanol–water partition coefficient (Wildman–Crippen LogP) is 1.11. The van der Waals surface area contributed by atoms with Crippen LogP contribution in [0, 0.1) is 0 Å². The van der Waals surface area contributed by atoms with Crippen LogP contribution in [0.4, 0.5) is 4.79 Å². The molecule has 0 radical (unpaired) electrons. The number of nitrogens with zero attached hydrogens (tertiary/aromatic N) is 2. The molecule has 1 rings (SSSR count). The van der Waals surface area contributed by atoms with E-state index in [9.17, 15) is 18.9 Å². The molecule has 12 heteroatoms. The summed E-state index contributed by atoms with van der Waals surface area (Å²) in [5.41, 5.74) is 2.99. The molecule has 3 N–H and O–H groups in total. The number of amides is 2. The van der Waals surface area contributed by atoms with Crippen LogP contribution in [-0.2, 0) is 27.9 Å². The van der Waals surface area contributed by atoms with Crippen LogP contribution in [0.2, 0.25) is 0 Å². The zero-order valence-electron chi connectivity index (χ0n) is 17.7. The molecule has 1 saturated heterocycles. The highest BCUT2D eigenvalue weighted by atomic mass is 31.2. The van der Waals surface area contributed by atoms with Crippen molar-refractivity contribution >= 4 is 25.6 Å². The van der Waals surface area contributed by atoms with Crippen molar-refractivity contribution in [2.45, 2.75) is 45.8 Å². The van der Waals surface area contributed by atoms with Gasteiger partial charge in [-0.05, 0) is 34.6 Å². The molecular formula is C17H32N3O8P.